The van der Waals surface area contributed by atoms with Gasteiger partial charge in [-0.1, -0.05) is 29.8 Å². The van der Waals surface area contributed by atoms with Crippen LogP contribution >= 0.6 is 11.6 Å². The van der Waals surface area contributed by atoms with Crippen LogP contribution in [0.3, 0.4) is 0 Å². The minimum atomic E-state index is 0.637. The summed E-state index contributed by atoms with van der Waals surface area (Å²) >= 11 is 6.14. The maximum absolute atomic E-state index is 6.14. The molecule has 1 N–H and O–H groups in total. The largest absolute Gasteiger partial charge is 0.368 e. The number of benzene rings is 2. The molecule has 0 atom stereocenters. The van der Waals surface area contributed by atoms with Crippen molar-refractivity contribution in [1.82, 2.24) is 9.97 Å². The van der Waals surface area contributed by atoms with Gasteiger partial charge in [0.15, 0.2) is 0 Å². The summed E-state index contributed by atoms with van der Waals surface area (Å²) in [6.07, 6.45) is 0. The summed E-state index contributed by atoms with van der Waals surface area (Å²) in [5.41, 5.74) is 4.34. The molecule has 1 fully saturated rings. The Labute approximate surface area is 171 Å². The van der Waals surface area contributed by atoms with E-state index in [0.717, 1.165) is 48.4 Å². The number of anilines is 4. The minimum Gasteiger partial charge on any atom is -0.368 e. The Morgan fingerprint density at radius 2 is 1.61 bits per heavy atom. The lowest BCUT2D eigenvalue weighted by Crippen LogP contribution is -2.46. The van der Waals surface area contributed by atoms with Gasteiger partial charge in [-0.15, -0.1) is 0 Å². The van der Waals surface area contributed by atoms with E-state index in [1.165, 1.54) is 11.3 Å². The number of hydrogen-bond acceptors (Lipinski definition) is 5. The van der Waals surface area contributed by atoms with Crippen molar-refractivity contribution in [3.05, 3.63) is 70.9 Å². The van der Waals surface area contributed by atoms with Crippen molar-refractivity contribution in [2.24, 2.45) is 0 Å². The van der Waals surface area contributed by atoms with Gasteiger partial charge >= 0.3 is 0 Å². The molecule has 5 nitrogen and oxygen atoms in total. The summed E-state index contributed by atoms with van der Waals surface area (Å²) in [6.45, 7) is 7.77. The van der Waals surface area contributed by atoms with Crippen LogP contribution in [0.2, 0.25) is 5.02 Å². The quantitative estimate of drug-likeness (QED) is 0.688. The maximum atomic E-state index is 6.14. The van der Waals surface area contributed by atoms with E-state index < -0.39 is 0 Å². The van der Waals surface area contributed by atoms with Gasteiger partial charge in [0.2, 0.25) is 5.95 Å². The van der Waals surface area contributed by atoms with E-state index in [-0.39, 0.29) is 0 Å². The van der Waals surface area contributed by atoms with Crippen molar-refractivity contribution in [2.75, 3.05) is 41.3 Å². The molecule has 0 unspecified atom stereocenters. The summed E-state index contributed by atoms with van der Waals surface area (Å²) in [5, 5.41) is 4.11. The van der Waals surface area contributed by atoms with Gasteiger partial charge in [-0.2, -0.15) is 4.98 Å². The standard InChI is InChI=1S/C22H24ClN5/c1-16-5-3-7-19(13-16)25-22-24-17(2)14-21(26-22)28-11-9-27(10-12-28)20-8-4-6-18(23)15-20/h3-8,13-15H,9-12H2,1-2H3,(H,24,25,26). The molecule has 2 heterocycles. The van der Waals surface area contributed by atoms with E-state index in [9.17, 15) is 0 Å². The summed E-state index contributed by atoms with van der Waals surface area (Å²) in [4.78, 5) is 14.0. The van der Waals surface area contributed by atoms with Gasteiger partial charge in [-0.3, -0.25) is 0 Å². The minimum absolute atomic E-state index is 0.637. The number of nitrogens with one attached hydrogen (secondary N) is 1. The molecule has 0 saturated carbocycles. The first-order valence-corrected chi connectivity index (χ1v) is 9.89. The molecule has 1 aromatic heterocycles. The lowest BCUT2D eigenvalue weighted by atomic mass is 10.2. The fourth-order valence-electron chi connectivity index (χ4n) is 3.49. The normalized spacial score (nSPS) is 14.2. The van der Waals surface area contributed by atoms with Crippen LogP contribution in [0, 0.1) is 13.8 Å². The molecule has 1 saturated heterocycles. The molecule has 2 aromatic carbocycles. The van der Waals surface area contributed by atoms with Gasteiger partial charge in [0.1, 0.15) is 5.82 Å². The average molecular weight is 394 g/mol. The highest BCUT2D eigenvalue weighted by Gasteiger charge is 2.19. The maximum Gasteiger partial charge on any atom is 0.229 e. The van der Waals surface area contributed by atoms with Crippen molar-refractivity contribution in [3.8, 4) is 0 Å². The highest BCUT2D eigenvalue weighted by molar-refractivity contribution is 6.30. The second-order valence-electron chi connectivity index (χ2n) is 7.14. The molecule has 1 aliphatic heterocycles. The predicted octanol–water partition coefficient (Wildman–Crippen LogP) is 4.82. The fourth-order valence-corrected chi connectivity index (χ4v) is 3.67. The van der Waals surface area contributed by atoms with Crippen LogP contribution in [0.1, 0.15) is 11.3 Å². The molecule has 1 aliphatic rings. The Hall–Kier alpha value is -2.79. The molecule has 0 spiro atoms. The third kappa shape index (κ3) is 4.37. The van der Waals surface area contributed by atoms with Crippen LogP contribution in [0.5, 0.6) is 0 Å². The summed E-state index contributed by atoms with van der Waals surface area (Å²) in [5.74, 6) is 1.60. The van der Waals surface area contributed by atoms with E-state index in [4.69, 9.17) is 16.6 Å². The van der Waals surface area contributed by atoms with Crippen LogP contribution in [0.4, 0.5) is 23.1 Å². The Morgan fingerprint density at radius 1 is 0.857 bits per heavy atom. The number of aryl methyl sites for hydroxylation is 2. The van der Waals surface area contributed by atoms with E-state index in [0.29, 0.717) is 5.95 Å². The zero-order chi connectivity index (χ0) is 19.5. The number of piperazine rings is 1. The van der Waals surface area contributed by atoms with Crippen LogP contribution in [-0.2, 0) is 0 Å². The Morgan fingerprint density at radius 3 is 2.36 bits per heavy atom. The van der Waals surface area contributed by atoms with Gasteiger partial charge < -0.3 is 15.1 Å². The van der Waals surface area contributed by atoms with E-state index in [1.54, 1.807) is 0 Å². The van der Waals surface area contributed by atoms with Crippen molar-refractivity contribution >= 4 is 34.7 Å². The SMILES string of the molecule is Cc1cccc(Nc2nc(C)cc(N3CCN(c4cccc(Cl)c4)CC3)n2)c1. The first-order valence-electron chi connectivity index (χ1n) is 9.52. The van der Waals surface area contributed by atoms with Crippen LogP contribution in [0.25, 0.3) is 0 Å². The van der Waals surface area contributed by atoms with E-state index >= 15 is 0 Å². The third-order valence-corrected chi connectivity index (χ3v) is 5.13. The molecule has 28 heavy (non-hydrogen) atoms. The average Bonchev–Trinajstić information content (AvgIpc) is 2.68. The molecule has 0 amide bonds. The van der Waals surface area contributed by atoms with E-state index in [2.05, 4.69) is 51.3 Å². The second-order valence-corrected chi connectivity index (χ2v) is 7.58. The molecule has 4 rings (SSSR count). The van der Waals surface area contributed by atoms with Crippen molar-refractivity contribution < 1.29 is 0 Å². The number of aromatic nitrogens is 2. The van der Waals surface area contributed by atoms with Crippen molar-refractivity contribution in [1.29, 1.82) is 0 Å². The third-order valence-electron chi connectivity index (χ3n) is 4.89. The first-order chi connectivity index (χ1) is 13.6. The lowest BCUT2D eigenvalue weighted by Gasteiger charge is -2.37. The second kappa shape index (κ2) is 8.07. The highest BCUT2D eigenvalue weighted by atomic mass is 35.5. The number of nitrogens with zero attached hydrogens (tertiary/aromatic N) is 4. The fraction of sp³-hybridized carbons (Fsp3) is 0.273. The number of hydrogen-bond donors (Lipinski definition) is 1. The lowest BCUT2D eigenvalue weighted by molar-refractivity contribution is 0.647. The van der Waals surface area contributed by atoms with Gasteiger partial charge in [0, 0.05) is 54.3 Å². The molecule has 0 aliphatic carbocycles. The van der Waals surface area contributed by atoms with Crippen molar-refractivity contribution in [3.63, 3.8) is 0 Å². The molecular weight excluding hydrogens is 370 g/mol. The Kier molecular flexibility index (Phi) is 5.35. The molecule has 0 bridgehead atoms. The number of halogens is 1. The molecular formula is C22H24ClN5. The van der Waals surface area contributed by atoms with Crippen molar-refractivity contribution in [2.45, 2.75) is 13.8 Å². The van der Waals surface area contributed by atoms with Gasteiger partial charge in [0.05, 0.1) is 0 Å². The van der Waals surface area contributed by atoms with E-state index in [1.807, 2.05) is 37.3 Å². The zero-order valence-electron chi connectivity index (χ0n) is 16.2. The van der Waals surface area contributed by atoms with Gasteiger partial charge in [0.25, 0.3) is 0 Å². The zero-order valence-corrected chi connectivity index (χ0v) is 16.9. The van der Waals surface area contributed by atoms with Crippen LogP contribution < -0.4 is 15.1 Å². The molecule has 6 heteroatoms. The van der Waals surface area contributed by atoms with Gasteiger partial charge in [-0.25, -0.2) is 4.98 Å². The topological polar surface area (TPSA) is 44.3 Å². The molecule has 3 aromatic rings. The first kappa shape index (κ1) is 18.6. The predicted molar refractivity (Wildman–Crippen MR) is 117 cm³/mol. The molecule has 144 valence electrons. The Bertz CT molecular complexity index is 967. The van der Waals surface area contributed by atoms with Gasteiger partial charge in [-0.05, 0) is 49.7 Å². The summed E-state index contributed by atoms with van der Waals surface area (Å²) in [7, 11) is 0. The smallest absolute Gasteiger partial charge is 0.229 e. The van der Waals surface area contributed by atoms with Crippen LogP contribution in [0.15, 0.2) is 54.6 Å². The Balaban J connectivity index is 1.47. The summed E-state index contributed by atoms with van der Waals surface area (Å²) in [6, 6.07) is 18.3. The van der Waals surface area contributed by atoms with Crippen LogP contribution in [-0.4, -0.2) is 36.1 Å². The number of rotatable bonds is 4. The monoisotopic (exact) mass is 393 g/mol. The summed E-state index contributed by atoms with van der Waals surface area (Å²) < 4.78 is 0. The highest BCUT2D eigenvalue weighted by Crippen LogP contribution is 2.24. The molecule has 0 radical (unpaired) electrons.